The van der Waals surface area contributed by atoms with Crippen molar-refractivity contribution in [3.8, 4) is 5.75 Å². The molecular formula is C17H17NO2. The van der Waals surface area contributed by atoms with Crippen molar-refractivity contribution in [1.29, 1.82) is 0 Å². The number of nitrogens with one attached hydrogen (secondary N) is 1. The molecule has 0 aliphatic carbocycles. The fraction of sp³-hybridized carbons (Fsp3) is 0.235. The van der Waals surface area contributed by atoms with Crippen LogP contribution in [0.15, 0.2) is 35.1 Å². The maximum atomic E-state index is 12.3. The summed E-state index contributed by atoms with van der Waals surface area (Å²) in [5.41, 5.74) is 2.48. The van der Waals surface area contributed by atoms with Crippen LogP contribution in [0.1, 0.15) is 24.5 Å². The Morgan fingerprint density at radius 3 is 2.70 bits per heavy atom. The number of hydrogen-bond donors (Lipinski definition) is 2. The Morgan fingerprint density at radius 2 is 1.95 bits per heavy atom. The number of para-hydroxylation sites is 1. The molecule has 1 heterocycles. The second-order valence-electron chi connectivity index (χ2n) is 5.19. The van der Waals surface area contributed by atoms with Gasteiger partial charge in [-0.25, -0.2) is 0 Å². The van der Waals surface area contributed by atoms with E-state index in [4.69, 9.17) is 0 Å². The van der Waals surface area contributed by atoms with Gasteiger partial charge in [0.2, 0.25) is 0 Å². The number of benzene rings is 2. The molecule has 0 saturated carbocycles. The molecule has 2 aromatic carbocycles. The Bertz CT molecular complexity index is 862. The van der Waals surface area contributed by atoms with Gasteiger partial charge in [0.1, 0.15) is 5.75 Å². The first-order valence-corrected chi connectivity index (χ1v) is 6.89. The molecule has 102 valence electrons. The van der Waals surface area contributed by atoms with Gasteiger partial charge in [-0.05, 0) is 30.5 Å². The molecule has 0 bridgehead atoms. The molecule has 0 spiro atoms. The third kappa shape index (κ3) is 1.78. The highest BCUT2D eigenvalue weighted by Gasteiger charge is 2.14. The SMILES string of the molecule is CCCc1c(C)cc2c(c1O)c(=O)[nH]c1ccccc12. The highest BCUT2D eigenvalue weighted by molar-refractivity contribution is 6.08. The summed E-state index contributed by atoms with van der Waals surface area (Å²) >= 11 is 0. The van der Waals surface area contributed by atoms with E-state index >= 15 is 0 Å². The van der Waals surface area contributed by atoms with Crippen molar-refractivity contribution >= 4 is 21.7 Å². The monoisotopic (exact) mass is 267 g/mol. The quantitative estimate of drug-likeness (QED) is 0.696. The third-order valence-corrected chi connectivity index (χ3v) is 3.82. The van der Waals surface area contributed by atoms with Crippen LogP contribution in [0.3, 0.4) is 0 Å². The Morgan fingerprint density at radius 1 is 1.20 bits per heavy atom. The molecule has 3 rings (SSSR count). The van der Waals surface area contributed by atoms with Crippen molar-refractivity contribution in [2.75, 3.05) is 0 Å². The lowest BCUT2D eigenvalue weighted by Gasteiger charge is -2.12. The van der Waals surface area contributed by atoms with Crippen LogP contribution in [0, 0.1) is 6.92 Å². The average molecular weight is 267 g/mol. The minimum absolute atomic E-state index is 0.133. The molecule has 0 saturated heterocycles. The molecule has 20 heavy (non-hydrogen) atoms. The number of fused-ring (bicyclic) bond motifs is 3. The van der Waals surface area contributed by atoms with Gasteiger partial charge in [-0.1, -0.05) is 37.6 Å². The summed E-state index contributed by atoms with van der Waals surface area (Å²) in [5.74, 6) is 0.133. The Hall–Kier alpha value is -2.29. The molecule has 0 atom stereocenters. The second kappa shape index (κ2) is 4.67. The van der Waals surface area contributed by atoms with Crippen LogP contribution in [-0.4, -0.2) is 10.1 Å². The van der Waals surface area contributed by atoms with Crippen molar-refractivity contribution < 1.29 is 5.11 Å². The van der Waals surface area contributed by atoms with Gasteiger partial charge >= 0.3 is 0 Å². The fourth-order valence-electron chi connectivity index (χ4n) is 2.86. The third-order valence-electron chi connectivity index (χ3n) is 3.82. The van der Waals surface area contributed by atoms with Crippen LogP contribution in [0.5, 0.6) is 5.75 Å². The van der Waals surface area contributed by atoms with Gasteiger partial charge in [0.05, 0.1) is 5.39 Å². The van der Waals surface area contributed by atoms with Gasteiger partial charge in [-0.2, -0.15) is 0 Å². The molecule has 0 unspecified atom stereocenters. The highest BCUT2D eigenvalue weighted by atomic mass is 16.3. The van der Waals surface area contributed by atoms with E-state index in [1.54, 1.807) is 0 Å². The highest BCUT2D eigenvalue weighted by Crippen LogP contribution is 2.33. The van der Waals surface area contributed by atoms with E-state index in [1.807, 2.05) is 37.3 Å². The zero-order valence-electron chi connectivity index (χ0n) is 11.7. The number of aromatic hydroxyl groups is 1. The van der Waals surface area contributed by atoms with E-state index in [0.717, 1.165) is 40.3 Å². The summed E-state index contributed by atoms with van der Waals surface area (Å²) in [4.78, 5) is 15.1. The lowest BCUT2D eigenvalue weighted by atomic mass is 9.96. The molecule has 2 N–H and O–H groups in total. The van der Waals surface area contributed by atoms with Crippen molar-refractivity contribution in [2.24, 2.45) is 0 Å². The number of phenolic OH excluding ortho intramolecular Hbond substituents is 1. The van der Waals surface area contributed by atoms with E-state index in [9.17, 15) is 9.90 Å². The maximum Gasteiger partial charge on any atom is 0.260 e. The molecule has 1 aromatic heterocycles. The number of hydrogen-bond acceptors (Lipinski definition) is 2. The molecular weight excluding hydrogens is 250 g/mol. The van der Waals surface area contributed by atoms with E-state index in [1.165, 1.54) is 0 Å². The average Bonchev–Trinajstić information content (AvgIpc) is 2.43. The van der Waals surface area contributed by atoms with Crippen molar-refractivity contribution in [3.05, 3.63) is 51.8 Å². The Labute approximate surface area is 116 Å². The standard InChI is InChI=1S/C17H17NO2/c1-3-6-11-10(2)9-13-12-7-4-5-8-14(12)18-17(20)15(13)16(11)19/h4-5,7-9,19H,3,6H2,1-2H3,(H,18,20). The van der Waals surface area contributed by atoms with Gasteiger partial charge in [0.25, 0.3) is 5.56 Å². The van der Waals surface area contributed by atoms with Crippen LogP contribution in [0.25, 0.3) is 21.7 Å². The normalized spacial score (nSPS) is 11.3. The lowest BCUT2D eigenvalue weighted by Crippen LogP contribution is -2.08. The number of H-pyrrole nitrogens is 1. The molecule has 3 heteroatoms. The van der Waals surface area contributed by atoms with Gasteiger partial charge in [-0.15, -0.1) is 0 Å². The minimum atomic E-state index is -0.228. The summed E-state index contributed by atoms with van der Waals surface area (Å²) in [6, 6.07) is 9.68. The van der Waals surface area contributed by atoms with Crippen LogP contribution >= 0.6 is 0 Å². The largest absolute Gasteiger partial charge is 0.507 e. The van der Waals surface area contributed by atoms with Crippen molar-refractivity contribution in [3.63, 3.8) is 0 Å². The van der Waals surface area contributed by atoms with E-state index < -0.39 is 0 Å². The molecule has 0 radical (unpaired) electrons. The van der Waals surface area contributed by atoms with E-state index in [0.29, 0.717) is 5.39 Å². The first-order valence-electron chi connectivity index (χ1n) is 6.89. The summed E-state index contributed by atoms with van der Waals surface area (Å²) in [7, 11) is 0. The topological polar surface area (TPSA) is 53.1 Å². The predicted octanol–water partition coefficient (Wildman–Crippen LogP) is 3.65. The van der Waals surface area contributed by atoms with Crippen molar-refractivity contribution in [1.82, 2.24) is 4.98 Å². The lowest BCUT2D eigenvalue weighted by molar-refractivity contribution is 0.473. The van der Waals surface area contributed by atoms with Crippen LogP contribution in [0.4, 0.5) is 0 Å². The molecule has 3 nitrogen and oxygen atoms in total. The first-order chi connectivity index (χ1) is 9.63. The number of aryl methyl sites for hydroxylation is 1. The van der Waals surface area contributed by atoms with Gasteiger partial charge in [0, 0.05) is 16.3 Å². The number of pyridine rings is 1. The molecule has 0 fully saturated rings. The zero-order valence-corrected chi connectivity index (χ0v) is 11.7. The summed E-state index contributed by atoms with van der Waals surface area (Å²) in [6.07, 6.45) is 1.71. The molecule has 3 aromatic rings. The van der Waals surface area contributed by atoms with Crippen LogP contribution in [-0.2, 0) is 6.42 Å². The summed E-state index contributed by atoms with van der Waals surface area (Å²) in [6.45, 7) is 4.05. The molecule has 0 aliphatic rings. The predicted molar refractivity (Wildman–Crippen MR) is 82.5 cm³/mol. The summed E-state index contributed by atoms with van der Waals surface area (Å²) in [5, 5.41) is 12.7. The molecule has 0 amide bonds. The maximum absolute atomic E-state index is 12.3. The van der Waals surface area contributed by atoms with Crippen LogP contribution < -0.4 is 5.56 Å². The minimum Gasteiger partial charge on any atom is -0.507 e. The Kier molecular flexibility index (Phi) is 2.97. The fourth-order valence-corrected chi connectivity index (χ4v) is 2.86. The van der Waals surface area contributed by atoms with Gasteiger partial charge in [0.15, 0.2) is 0 Å². The smallest absolute Gasteiger partial charge is 0.260 e. The van der Waals surface area contributed by atoms with E-state index in [-0.39, 0.29) is 11.3 Å². The van der Waals surface area contributed by atoms with Crippen LogP contribution in [0.2, 0.25) is 0 Å². The number of aromatic amines is 1. The van der Waals surface area contributed by atoms with Crippen molar-refractivity contribution in [2.45, 2.75) is 26.7 Å². The number of phenols is 1. The first kappa shape index (κ1) is 12.7. The zero-order chi connectivity index (χ0) is 14.3. The summed E-state index contributed by atoms with van der Waals surface area (Å²) < 4.78 is 0. The van der Waals surface area contributed by atoms with Gasteiger partial charge in [-0.3, -0.25) is 4.79 Å². The molecule has 0 aliphatic heterocycles. The van der Waals surface area contributed by atoms with Gasteiger partial charge < -0.3 is 10.1 Å². The Balaban J connectivity index is 2.53. The second-order valence-corrected chi connectivity index (χ2v) is 5.19. The number of rotatable bonds is 2. The number of aromatic nitrogens is 1. The van der Waals surface area contributed by atoms with E-state index in [2.05, 4.69) is 11.9 Å².